The van der Waals surface area contributed by atoms with Gasteiger partial charge >= 0.3 is 0 Å². The first-order chi connectivity index (χ1) is 27.5. The summed E-state index contributed by atoms with van der Waals surface area (Å²) in [6.07, 6.45) is 3.92. The van der Waals surface area contributed by atoms with E-state index in [1.165, 1.54) is 33.1 Å². The Hall–Kier alpha value is -5.46. The second-order valence-corrected chi connectivity index (χ2v) is 21.5. The van der Waals surface area contributed by atoms with Crippen LogP contribution < -0.4 is 5.19 Å². The number of benzene rings is 5. The molecule has 0 unspecified atom stereocenters. The Bertz CT molecular complexity index is 2810. The van der Waals surface area contributed by atoms with E-state index >= 15 is 0 Å². The van der Waals surface area contributed by atoms with Gasteiger partial charge in [0.1, 0.15) is 5.58 Å². The molecule has 0 fully saturated rings. The molecular weight excluding hydrogens is 905 g/mol. The Morgan fingerprint density at radius 2 is 1.38 bits per heavy atom. The number of hydrogen-bond acceptors (Lipinski definition) is 4. The zero-order chi connectivity index (χ0) is 39.8. The van der Waals surface area contributed by atoms with Gasteiger partial charge in [-0.15, -0.1) is 54.1 Å². The van der Waals surface area contributed by atoms with Crippen LogP contribution in [0, 0.1) is 19.1 Å². The summed E-state index contributed by atoms with van der Waals surface area (Å²) in [4.78, 5) is 14.3. The quantitative estimate of drug-likeness (QED) is 0.118. The van der Waals surface area contributed by atoms with Crippen molar-refractivity contribution in [2.24, 2.45) is 0 Å². The number of imidazole rings is 1. The summed E-state index contributed by atoms with van der Waals surface area (Å²) in [7, 11) is -1.23. The first-order valence-electron chi connectivity index (χ1n) is 19.8. The standard InChI is InChI=1S/C37H32N3O.C14H16NSi.Ir/c1-22(2)29-19-26(25-12-7-6-8-13-25)20-30(23(3)4)35(29)40-33-17-10-9-16-32(33)39-37(40)28-15-11-14-27-31-21-38-24(5)18-34(31)41-36(27)28;1-16(2,3)13-9-10-14(15-11-13)12-7-5-4-6-8-12;/h6-14,16-23H,1-5H3;4-7,9-11H,1-3H3;/q2*-1;. The summed E-state index contributed by atoms with van der Waals surface area (Å²) in [5, 5.41) is 3.42. The number of aromatic nitrogens is 4. The van der Waals surface area contributed by atoms with Crippen LogP contribution in [0.5, 0.6) is 0 Å². The second kappa shape index (κ2) is 16.8. The molecule has 0 saturated heterocycles. The van der Waals surface area contributed by atoms with E-state index in [-0.39, 0.29) is 20.1 Å². The molecule has 9 aromatic rings. The zero-order valence-electron chi connectivity index (χ0n) is 34.4. The van der Waals surface area contributed by atoms with Crippen molar-refractivity contribution in [3.05, 3.63) is 163 Å². The van der Waals surface area contributed by atoms with Crippen LogP contribution in [-0.4, -0.2) is 27.6 Å². The van der Waals surface area contributed by atoms with E-state index in [4.69, 9.17) is 9.40 Å². The maximum absolute atomic E-state index is 6.51. The van der Waals surface area contributed by atoms with Gasteiger partial charge in [-0.3, -0.25) is 9.97 Å². The molecule has 1 radical (unpaired) electrons. The van der Waals surface area contributed by atoms with Crippen LogP contribution in [0.1, 0.15) is 56.4 Å². The summed E-state index contributed by atoms with van der Waals surface area (Å²) < 4.78 is 8.86. The van der Waals surface area contributed by atoms with Gasteiger partial charge in [0.2, 0.25) is 0 Å². The molecule has 0 aliphatic heterocycles. The van der Waals surface area contributed by atoms with E-state index in [1.54, 1.807) is 0 Å². The second-order valence-electron chi connectivity index (χ2n) is 16.4. The van der Waals surface area contributed by atoms with Crippen molar-refractivity contribution in [3.63, 3.8) is 0 Å². The maximum Gasteiger partial charge on any atom is 0.124 e. The molecular formula is C51H48IrN4OSi-2. The van der Waals surface area contributed by atoms with Gasteiger partial charge in [0.15, 0.2) is 0 Å². The molecule has 58 heavy (non-hydrogen) atoms. The maximum atomic E-state index is 6.51. The van der Waals surface area contributed by atoms with Gasteiger partial charge < -0.3 is 14.0 Å². The van der Waals surface area contributed by atoms with Crippen molar-refractivity contribution in [3.8, 4) is 39.5 Å². The van der Waals surface area contributed by atoms with Crippen molar-refractivity contribution in [2.45, 2.75) is 66.1 Å². The number of fused-ring (bicyclic) bond motifs is 4. The third kappa shape index (κ3) is 8.00. The van der Waals surface area contributed by atoms with Crippen LogP contribution in [0.3, 0.4) is 0 Å². The number of furan rings is 1. The number of hydrogen-bond donors (Lipinski definition) is 0. The van der Waals surface area contributed by atoms with E-state index in [0.717, 1.165) is 61.3 Å². The number of para-hydroxylation sites is 2. The van der Waals surface area contributed by atoms with Gasteiger partial charge in [0.05, 0.1) is 30.5 Å². The predicted octanol–water partition coefficient (Wildman–Crippen LogP) is 13.1. The minimum atomic E-state index is -1.23. The van der Waals surface area contributed by atoms with E-state index in [1.807, 2.05) is 55.7 Å². The van der Waals surface area contributed by atoms with Crippen LogP contribution >= 0.6 is 0 Å². The average molecular weight is 953 g/mol. The number of nitrogens with zero attached hydrogens (tertiary/aromatic N) is 4. The predicted molar refractivity (Wildman–Crippen MR) is 240 cm³/mol. The average Bonchev–Trinajstić information content (AvgIpc) is 3.79. The fourth-order valence-electron chi connectivity index (χ4n) is 7.49. The summed E-state index contributed by atoms with van der Waals surface area (Å²) in [5.74, 6) is 1.41. The monoisotopic (exact) mass is 953 g/mol. The normalized spacial score (nSPS) is 11.6. The molecule has 4 aromatic heterocycles. The Kier molecular flexibility index (Phi) is 11.8. The van der Waals surface area contributed by atoms with Gasteiger partial charge in [-0.2, -0.15) is 0 Å². The third-order valence-electron chi connectivity index (χ3n) is 10.6. The van der Waals surface area contributed by atoms with Gasteiger partial charge in [-0.25, -0.2) is 0 Å². The first-order valence-corrected chi connectivity index (χ1v) is 23.3. The molecule has 9 rings (SSSR count). The van der Waals surface area contributed by atoms with Gasteiger partial charge in [0.25, 0.3) is 0 Å². The summed E-state index contributed by atoms with van der Waals surface area (Å²) in [6, 6.07) is 48.8. The fraction of sp³-hybridized carbons (Fsp3) is 0.196. The van der Waals surface area contributed by atoms with E-state index in [2.05, 4.69) is 159 Å². The van der Waals surface area contributed by atoms with Crippen molar-refractivity contribution >= 4 is 46.2 Å². The number of aryl methyl sites for hydroxylation is 1. The molecule has 7 heteroatoms. The Morgan fingerprint density at radius 3 is 2.03 bits per heavy atom. The van der Waals surface area contributed by atoms with E-state index in [9.17, 15) is 0 Å². The van der Waals surface area contributed by atoms with Crippen molar-refractivity contribution in [1.29, 1.82) is 0 Å². The zero-order valence-corrected chi connectivity index (χ0v) is 37.8. The van der Waals surface area contributed by atoms with Crippen molar-refractivity contribution in [2.75, 3.05) is 0 Å². The molecule has 293 valence electrons. The van der Waals surface area contributed by atoms with Gasteiger partial charge in [0, 0.05) is 55.3 Å². The Balaban J connectivity index is 0.000000254. The molecule has 0 spiro atoms. The van der Waals surface area contributed by atoms with E-state index in [0.29, 0.717) is 11.8 Å². The van der Waals surface area contributed by atoms with Crippen LogP contribution in [0.25, 0.3) is 72.4 Å². The third-order valence-corrected chi connectivity index (χ3v) is 12.6. The largest absolute Gasteiger partial charge is 0.500 e. The fourth-order valence-corrected chi connectivity index (χ4v) is 8.52. The molecule has 0 aliphatic carbocycles. The molecule has 0 N–H and O–H groups in total. The number of rotatable bonds is 7. The van der Waals surface area contributed by atoms with Crippen molar-refractivity contribution in [1.82, 2.24) is 19.5 Å². The molecule has 4 heterocycles. The molecule has 0 atom stereocenters. The van der Waals surface area contributed by atoms with Crippen LogP contribution in [-0.2, 0) is 20.1 Å². The summed E-state index contributed by atoms with van der Waals surface area (Å²) in [5.41, 5.74) is 13.7. The minimum Gasteiger partial charge on any atom is -0.500 e. The molecule has 0 amide bonds. The SMILES string of the molecule is C[Si](C)(C)c1ccc(-c2[c-]cccc2)nc1.Cc1cc2oc3c(-c4nc5ccccc5n4-c4c(C(C)C)cc(-c5ccccc5)cc4C(C)C)[c-]ccc3c2cn1.[Ir]. The minimum absolute atomic E-state index is 0. The van der Waals surface area contributed by atoms with Crippen LogP contribution in [0.15, 0.2) is 138 Å². The summed E-state index contributed by atoms with van der Waals surface area (Å²) >= 11 is 0. The van der Waals surface area contributed by atoms with Crippen molar-refractivity contribution < 1.29 is 24.5 Å². The Morgan fingerprint density at radius 1 is 0.672 bits per heavy atom. The number of pyridine rings is 2. The van der Waals surface area contributed by atoms with Gasteiger partial charge in [-0.1, -0.05) is 113 Å². The Labute approximate surface area is 356 Å². The summed E-state index contributed by atoms with van der Waals surface area (Å²) in [6.45, 7) is 18.1. The topological polar surface area (TPSA) is 56.7 Å². The molecule has 0 aliphatic rings. The smallest absolute Gasteiger partial charge is 0.124 e. The van der Waals surface area contributed by atoms with Crippen LogP contribution in [0.2, 0.25) is 19.6 Å². The molecule has 0 bridgehead atoms. The van der Waals surface area contributed by atoms with E-state index < -0.39 is 8.07 Å². The first kappa shape index (κ1) is 40.7. The van der Waals surface area contributed by atoms with Gasteiger partial charge in [-0.05, 0) is 76.2 Å². The van der Waals surface area contributed by atoms with Crippen LogP contribution in [0.4, 0.5) is 0 Å². The molecule has 0 saturated carbocycles. The molecule has 5 aromatic carbocycles. The molecule has 5 nitrogen and oxygen atoms in total.